The predicted molar refractivity (Wildman–Crippen MR) is 62.0 cm³/mol. The number of nitrogens with one attached hydrogen (secondary N) is 1. The van der Waals surface area contributed by atoms with Gasteiger partial charge in [-0.1, -0.05) is 18.2 Å². The van der Waals surface area contributed by atoms with Gasteiger partial charge >= 0.3 is 0 Å². The fourth-order valence-electron chi connectivity index (χ4n) is 2.33. The Labute approximate surface area is 91.3 Å². The van der Waals surface area contributed by atoms with Crippen molar-refractivity contribution < 1.29 is 5.11 Å². The molecule has 1 atom stereocenters. The molecular weight excluding hydrogens is 186 g/mol. The predicted octanol–water partition coefficient (Wildman–Crippen LogP) is 1.82. The van der Waals surface area contributed by atoms with Crippen LogP contribution in [0.15, 0.2) is 18.2 Å². The summed E-state index contributed by atoms with van der Waals surface area (Å²) < 4.78 is 0. The van der Waals surface area contributed by atoms with E-state index < -0.39 is 0 Å². The molecule has 0 aliphatic heterocycles. The first-order valence-electron chi connectivity index (χ1n) is 5.75. The smallest absolute Gasteiger partial charge is 0.0626 e. The van der Waals surface area contributed by atoms with Crippen LogP contribution in [0.3, 0.4) is 0 Å². The lowest BCUT2D eigenvalue weighted by Gasteiger charge is -2.19. The van der Waals surface area contributed by atoms with E-state index in [0.29, 0.717) is 0 Å². The third-order valence-electron chi connectivity index (χ3n) is 3.31. The number of aliphatic hydroxyl groups is 1. The molecule has 0 bridgehead atoms. The Morgan fingerprint density at radius 2 is 2.00 bits per heavy atom. The molecule has 1 unspecified atom stereocenters. The maximum Gasteiger partial charge on any atom is 0.0626 e. The van der Waals surface area contributed by atoms with E-state index >= 15 is 0 Å². The zero-order chi connectivity index (χ0) is 10.7. The van der Waals surface area contributed by atoms with Crippen LogP contribution in [0.5, 0.6) is 0 Å². The Balaban J connectivity index is 2.27. The van der Waals surface area contributed by atoms with Crippen LogP contribution < -0.4 is 5.32 Å². The number of fused-ring (bicyclic) bond motifs is 1. The van der Waals surface area contributed by atoms with Gasteiger partial charge in [-0.25, -0.2) is 0 Å². The van der Waals surface area contributed by atoms with E-state index in [1.807, 2.05) is 7.05 Å². The number of rotatable bonds is 3. The van der Waals surface area contributed by atoms with Crippen molar-refractivity contribution in [1.82, 2.24) is 5.32 Å². The van der Waals surface area contributed by atoms with E-state index in [4.69, 9.17) is 0 Å². The van der Waals surface area contributed by atoms with E-state index in [0.717, 1.165) is 0 Å². The summed E-state index contributed by atoms with van der Waals surface area (Å²) in [5.74, 6) is 0. The van der Waals surface area contributed by atoms with Gasteiger partial charge in [0.1, 0.15) is 0 Å². The van der Waals surface area contributed by atoms with Crippen LogP contribution in [0, 0.1) is 0 Å². The monoisotopic (exact) mass is 205 g/mol. The molecule has 0 heterocycles. The minimum Gasteiger partial charge on any atom is -0.394 e. The van der Waals surface area contributed by atoms with Gasteiger partial charge in [0.05, 0.1) is 12.6 Å². The second-order valence-corrected chi connectivity index (χ2v) is 4.26. The van der Waals surface area contributed by atoms with Gasteiger partial charge in [0, 0.05) is 0 Å². The average Bonchev–Trinajstić information content (AvgIpc) is 2.30. The van der Waals surface area contributed by atoms with Crippen molar-refractivity contribution in [3.8, 4) is 0 Å². The molecule has 0 radical (unpaired) electrons. The maximum absolute atomic E-state index is 9.22. The molecule has 0 saturated heterocycles. The lowest BCUT2D eigenvalue weighted by Crippen LogP contribution is -2.20. The van der Waals surface area contributed by atoms with Gasteiger partial charge in [0.15, 0.2) is 0 Å². The van der Waals surface area contributed by atoms with E-state index in [1.165, 1.54) is 42.4 Å². The highest BCUT2D eigenvalue weighted by molar-refractivity contribution is 5.35. The minimum atomic E-state index is 0.0808. The summed E-state index contributed by atoms with van der Waals surface area (Å²) in [5.41, 5.74) is 4.19. The van der Waals surface area contributed by atoms with E-state index in [1.54, 1.807) is 0 Å². The molecule has 1 aromatic rings. The molecule has 0 fully saturated rings. The summed E-state index contributed by atoms with van der Waals surface area (Å²) in [4.78, 5) is 0. The van der Waals surface area contributed by atoms with Crippen LogP contribution in [-0.4, -0.2) is 18.8 Å². The Morgan fingerprint density at radius 3 is 2.67 bits per heavy atom. The Kier molecular flexibility index (Phi) is 3.39. The molecular formula is C13H19NO. The molecule has 15 heavy (non-hydrogen) atoms. The highest BCUT2D eigenvalue weighted by Crippen LogP contribution is 2.24. The molecule has 2 nitrogen and oxygen atoms in total. The average molecular weight is 205 g/mol. The zero-order valence-corrected chi connectivity index (χ0v) is 9.29. The molecule has 1 aromatic carbocycles. The molecule has 2 heteroatoms. The molecule has 1 aliphatic carbocycles. The summed E-state index contributed by atoms with van der Waals surface area (Å²) in [6.45, 7) is 0.162. The summed E-state index contributed by atoms with van der Waals surface area (Å²) in [6.07, 6.45) is 5.05. The normalized spacial score (nSPS) is 17.2. The van der Waals surface area contributed by atoms with Crippen molar-refractivity contribution in [3.05, 3.63) is 34.9 Å². The van der Waals surface area contributed by atoms with Crippen molar-refractivity contribution in [2.75, 3.05) is 13.7 Å². The quantitative estimate of drug-likeness (QED) is 0.789. The summed E-state index contributed by atoms with van der Waals surface area (Å²) in [6, 6.07) is 6.70. The SMILES string of the molecule is CNC(CO)c1ccc2c(c1)CCCC2. The molecule has 2 rings (SSSR count). The third-order valence-corrected chi connectivity index (χ3v) is 3.31. The first-order valence-corrected chi connectivity index (χ1v) is 5.75. The van der Waals surface area contributed by atoms with Crippen molar-refractivity contribution in [1.29, 1.82) is 0 Å². The first kappa shape index (κ1) is 10.7. The molecule has 0 amide bonds. The Bertz CT molecular complexity index is 331. The number of benzene rings is 1. The number of hydrogen-bond donors (Lipinski definition) is 2. The Hall–Kier alpha value is -0.860. The third kappa shape index (κ3) is 2.21. The van der Waals surface area contributed by atoms with Crippen LogP contribution in [0.25, 0.3) is 0 Å². The number of likely N-dealkylation sites (N-methyl/N-ethyl adjacent to an activating group) is 1. The molecule has 0 spiro atoms. The van der Waals surface area contributed by atoms with Gasteiger partial charge in [0.2, 0.25) is 0 Å². The highest BCUT2D eigenvalue weighted by Gasteiger charge is 2.13. The van der Waals surface area contributed by atoms with Crippen molar-refractivity contribution in [2.24, 2.45) is 0 Å². The zero-order valence-electron chi connectivity index (χ0n) is 9.29. The van der Waals surface area contributed by atoms with Gasteiger partial charge in [-0.2, -0.15) is 0 Å². The summed E-state index contributed by atoms with van der Waals surface area (Å²) in [5, 5.41) is 12.3. The maximum atomic E-state index is 9.22. The number of aryl methyl sites for hydroxylation is 2. The van der Waals surface area contributed by atoms with E-state index in [9.17, 15) is 5.11 Å². The first-order chi connectivity index (χ1) is 7.35. The highest BCUT2D eigenvalue weighted by atomic mass is 16.3. The van der Waals surface area contributed by atoms with E-state index in [-0.39, 0.29) is 12.6 Å². The van der Waals surface area contributed by atoms with Crippen molar-refractivity contribution in [3.63, 3.8) is 0 Å². The van der Waals surface area contributed by atoms with Gasteiger partial charge < -0.3 is 10.4 Å². The van der Waals surface area contributed by atoms with Crippen LogP contribution in [0.4, 0.5) is 0 Å². The summed E-state index contributed by atoms with van der Waals surface area (Å²) >= 11 is 0. The number of aliphatic hydroxyl groups excluding tert-OH is 1. The summed E-state index contributed by atoms with van der Waals surface area (Å²) in [7, 11) is 1.89. The molecule has 0 aromatic heterocycles. The second kappa shape index (κ2) is 4.77. The van der Waals surface area contributed by atoms with Gasteiger partial charge in [-0.15, -0.1) is 0 Å². The van der Waals surface area contributed by atoms with Crippen LogP contribution in [0.1, 0.15) is 35.6 Å². The topological polar surface area (TPSA) is 32.3 Å². The number of hydrogen-bond acceptors (Lipinski definition) is 2. The standard InChI is InChI=1S/C13H19NO/c1-14-13(9-15)12-7-6-10-4-2-3-5-11(10)8-12/h6-8,13-15H,2-5,9H2,1H3. The fourth-order valence-corrected chi connectivity index (χ4v) is 2.33. The largest absolute Gasteiger partial charge is 0.394 e. The second-order valence-electron chi connectivity index (χ2n) is 4.26. The molecule has 0 saturated carbocycles. The fraction of sp³-hybridized carbons (Fsp3) is 0.538. The molecule has 1 aliphatic rings. The van der Waals surface area contributed by atoms with Gasteiger partial charge in [-0.05, 0) is 49.4 Å². The minimum absolute atomic E-state index is 0.0808. The lowest BCUT2D eigenvalue weighted by atomic mass is 9.89. The van der Waals surface area contributed by atoms with Gasteiger partial charge in [-0.3, -0.25) is 0 Å². The van der Waals surface area contributed by atoms with Crippen LogP contribution in [-0.2, 0) is 12.8 Å². The Morgan fingerprint density at radius 1 is 1.27 bits per heavy atom. The van der Waals surface area contributed by atoms with Gasteiger partial charge in [0.25, 0.3) is 0 Å². The van der Waals surface area contributed by atoms with Crippen molar-refractivity contribution >= 4 is 0 Å². The van der Waals surface area contributed by atoms with Crippen molar-refractivity contribution in [2.45, 2.75) is 31.7 Å². The molecule has 2 N–H and O–H groups in total. The molecule has 82 valence electrons. The van der Waals surface area contributed by atoms with Crippen LogP contribution in [0.2, 0.25) is 0 Å². The lowest BCUT2D eigenvalue weighted by molar-refractivity contribution is 0.251. The van der Waals surface area contributed by atoms with Crippen LogP contribution >= 0.6 is 0 Å². The van der Waals surface area contributed by atoms with E-state index in [2.05, 4.69) is 23.5 Å².